The van der Waals surface area contributed by atoms with E-state index in [0.717, 1.165) is 47.8 Å². The topological polar surface area (TPSA) is 113 Å². The lowest BCUT2D eigenvalue weighted by atomic mass is 10.0. The van der Waals surface area contributed by atoms with Gasteiger partial charge < -0.3 is 38.6 Å². The van der Waals surface area contributed by atoms with Crippen LogP contribution in [0.3, 0.4) is 0 Å². The third-order valence-electron chi connectivity index (χ3n) is 8.56. The number of ether oxygens (including phenoxy) is 6. The summed E-state index contributed by atoms with van der Waals surface area (Å²) >= 11 is 4.59. The van der Waals surface area contributed by atoms with Crippen LogP contribution in [-0.2, 0) is 35.2 Å². The van der Waals surface area contributed by atoms with E-state index >= 15 is 0 Å². The molecule has 2 N–H and O–H groups in total. The molecular weight excluding hydrogens is 878 g/mol. The average Bonchev–Trinajstić information content (AvgIpc) is 3.92. The zero-order valence-corrected chi connectivity index (χ0v) is 33.3. The molecule has 9 nitrogen and oxygen atoms in total. The van der Waals surface area contributed by atoms with Crippen molar-refractivity contribution in [1.82, 2.24) is 0 Å². The van der Waals surface area contributed by atoms with Gasteiger partial charge in [-0.3, -0.25) is 4.79 Å². The molecule has 0 amide bonds. The van der Waals surface area contributed by atoms with Crippen LogP contribution in [0, 0.1) is 7.14 Å². The van der Waals surface area contributed by atoms with Gasteiger partial charge in [0.15, 0.2) is 5.78 Å². The maximum Gasteiger partial charge on any atom is 0.159 e. The first kappa shape index (κ1) is 39.3. The van der Waals surface area contributed by atoms with E-state index in [9.17, 15) is 4.79 Å². The van der Waals surface area contributed by atoms with Crippen LogP contribution in [-0.4, -0.2) is 81.1 Å². The lowest BCUT2D eigenvalue weighted by Crippen LogP contribution is -2.19. The predicted octanol–water partition coefficient (Wildman–Crippen LogP) is 6.65. The molecule has 11 heteroatoms. The molecule has 0 saturated heterocycles. The number of hydrogen-bond acceptors (Lipinski definition) is 9. The van der Waals surface area contributed by atoms with Crippen molar-refractivity contribution in [3.8, 4) is 23.0 Å². The summed E-state index contributed by atoms with van der Waals surface area (Å²) in [4.78, 5) is 11.1. The van der Waals surface area contributed by atoms with Gasteiger partial charge in [0, 0.05) is 52.6 Å². The van der Waals surface area contributed by atoms with Gasteiger partial charge in [-0.2, -0.15) is 0 Å². The van der Waals surface area contributed by atoms with Gasteiger partial charge in [0.2, 0.25) is 0 Å². The number of methoxy groups -OCH3 is 2. The average molecular weight is 923 g/mol. The number of aliphatic hydroxyl groups excluding tert-OH is 2. The van der Waals surface area contributed by atoms with Crippen molar-refractivity contribution in [1.29, 1.82) is 0 Å². The molecule has 4 atom stereocenters. The molecule has 0 aromatic heterocycles. The van der Waals surface area contributed by atoms with Crippen LogP contribution < -0.4 is 18.9 Å². The highest BCUT2D eigenvalue weighted by molar-refractivity contribution is 14.1. The first-order valence-electron chi connectivity index (χ1n) is 16.8. The molecule has 0 fully saturated rings. The minimum atomic E-state index is -0.146. The van der Waals surface area contributed by atoms with E-state index in [0.29, 0.717) is 25.2 Å². The second kappa shape index (κ2) is 19.2. The smallest absolute Gasteiger partial charge is 0.159 e. The van der Waals surface area contributed by atoms with E-state index in [1.807, 2.05) is 42.5 Å². The molecule has 272 valence electrons. The maximum atomic E-state index is 11.1. The van der Waals surface area contributed by atoms with Crippen molar-refractivity contribution >= 4 is 51.0 Å². The maximum absolute atomic E-state index is 11.1. The standard InChI is InChI=1S/C11H12O3.C10H11IO2.C10H12O2.C9H9IO2/c1-7(13)8-2-3-11-9(4-8)5-10(6-12)14-11;1-12-6-9-5-7-4-8(11)2-3-10(7)13-9;1-11-7-9-6-8-4-2-3-5-10(8)12-9;10-7-1-2-9-6(3-7)4-8(5-11)12-9/h2-4,10,12H,5-6H2,1H3;2-4,9H,5-6H2,1H3;2-5,9H,6-7H2,1H3;1-3,8,11H,4-5H2. The summed E-state index contributed by atoms with van der Waals surface area (Å²) in [5, 5.41) is 17.8. The van der Waals surface area contributed by atoms with E-state index in [1.54, 1.807) is 33.3 Å². The first-order valence-corrected chi connectivity index (χ1v) is 19.0. The molecule has 4 aliphatic rings. The summed E-state index contributed by atoms with van der Waals surface area (Å²) in [5.41, 5.74) is 5.51. The van der Waals surface area contributed by atoms with Gasteiger partial charge in [0.25, 0.3) is 0 Å². The number of rotatable bonds is 7. The van der Waals surface area contributed by atoms with Gasteiger partial charge in [0.1, 0.15) is 47.4 Å². The molecule has 8 rings (SSSR count). The summed E-state index contributed by atoms with van der Waals surface area (Å²) in [6.45, 7) is 3.01. The van der Waals surface area contributed by atoms with Crippen LogP contribution in [0.2, 0.25) is 0 Å². The number of carbonyl (C=O) groups is 1. The van der Waals surface area contributed by atoms with Gasteiger partial charge in [-0.25, -0.2) is 0 Å². The molecule has 51 heavy (non-hydrogen) atoms. The number of benzene rings is 4. The molecule has 4 unspecified atom stereocenters. The summed E-state index contributed by atoms with van der Waals surface area (Å²) in [6.07, 6.45) is 3.72. The van der Waals surface area contributed by atoms with Crippen molar-refractivity contribution in [3.63, 3.8) is 0 Å². The summed E-state index contributed by atoms with van der Waals surface area (Å²) in [5.74, 6) is 3.80. The summed E-state index contributed by atoms with van der Waals surface area (Å²) < 4.78 is 34.8. The zero-order chi connectivity index (χ0) is 36.3. The molecule has 0 radical (unpaired) electrons. The third kappa shape index (κ3) is 11.0. The molecule has 0 bridgehead atoms. The predicted molar refractivity (Wildman–Crippen MR) is 212 cm³/mol. The minimum Gasteiger partial charge on any atom is -0.487 e. The van der Waals surface area contributed by atoms with E-state index in [-0.39, 0.29) is 43.4 Å². The van der Waals surface area contributed by atoms with Crippen LogP contribution in [0.1, 0.15) is 39.5 Å². The normalized spacial score (nSPS) is 19.7. The Morgan fingerprint density at radius 3 is 1.49 bits per heavy atom. The summed E-state index contributed by atoms with van der Waals surface area (Å²) in [7, 11) is 3.41. The van der Waals surface area contributed by atoms with Crippen molar-refractivity contribution in [2.75, 3.05) is 40.6 Å². The Balaban J connectivity index is 0.000000132. The molecule has 4 heterocycles. The number of ketones is 1. The van der Waals surface area contributed by atoms with Gasteiger partial charge in [-0.1, -0.05) is 18.2 Å². The van der Waals surface area contributed by atoms with Gasteiger partial charge in [0.05, 0.1) is 26.4 Å². The first-order chi connectivity index (χ1) is 24.7. The molecule has 0 aliphatic carbocycles. The number of halogens is 2. The highest BCUT2D eigenvalue weighted by Crippen LogP contribution is 2.32. The Kier molecular flexibility index (Phi) is 14.8. The molecule has 4 aromatic carbocycles. The fourth-order valence-electron chi connectivity index (χ4n) is 6.13. The van der Waals surface area contributed by atoms with E-state index < -0.39 is 0 Å². The Bertz CT molecular complexity index is 1740. The molecule has 0 spiro atoms. The lowest BCUT2D eigenvalue weighted by molar-refractivity contribution is 0.0951. The van der Waals surface area contributed by atoms with Gasteiger partial charge >= 0.3 is 0 Å². The fraction of sp³-hybridized carbons (Fsp3) is 0.375. The van der Waals surface area contributed by atoms with E-state index in [2.05, 4.69) is 69.4 Å². The Hall–Kier alpha value is -2.95. The van der Waals surface area contributed by atoms with E-state index in [1.165, 1.54) is 23.8 Å². The fourth-order valence-corrected chi connectivity index (χ4v) is 7.24. The van der Waals surface area contributed by atoms with Crippen LogP contribution >= 0.6 is 45.2 Å². The summed E-state index contributed by atoms with van der Waals surface area (Å²) in [6, 6.07) is 25.9. The van der Waals surface area contributed by atoms with Crippen molar-refractivity contribution in [3.05, 3.63) is 114 Å². The monoisotopic (exact) mass is 922 g/mol. The van der Waals surface area contributed by atoms with Crippen molar-refractivity contribution in [2.45, 2.75) is 57.0 Å². The Morgan fingerprint density at radius 1 is 0.608 bits per heavy atom. The number of hydrogen-bond donors (Lipinski definition) is 2. The lowest BCUT2D eigenvalue weighted by Gasteiger charge is -2.07. The van der Waals surface area contributed by atoms with Crippen LogP contribution in [0.25, 0.3) is 0 Å². The molecule has 4 aromatic rings. The van der Waals surface area contributed by atoms with Crippen LogP contribution in [0.5, 0.6) is 23.0 Å². The minimum absolute atomic E-state index is 0.0179. The second-order valence-corrected chi connectivity index (χ2v) is 15.0. The largest absolute Gasteiger partial charge is 0.487 e. The molecule has 4 aliphatic heterocycles. The second-order valence-electron chi connectivity index (χ2n) is 12.5. The van der Waals surface area contributed by atoms with Gasteiger partial charge in [-0.05, 0) is 135 Å². The quantitative estimate of drug-likeness (QED) is 0.156. The Labute approximate surface area is 326 Å². The zero-order valence-electron chi connectivity index (χ0n) is 29.0. The number of fused-ring (bicyclic) bond motifs is 4. The van der Waals surface area contributed by atoms with Crippen molar-refractivity contribution < 1.29 is 43.4 Å². The molecule has 0 saturated carbocycles. The third-order valence-corrected chi connectivity index (χ3v) is 9.90. The van der Waals surface area contributed by atoms with Crippen LogP contribution in [0.4, 0.5) is 0 Å². The number of aliphatic hydroxyl groups is 2. The SMILES string of the molecule is CC(=O)c1ccc2c(c1)CC(CO)O2.COCC1Cc2cc(I)ccc2O1.COCC1Cc2ccccc2O1.OCC1Cc2cc(I)ccc2O1. The highest BCUT2D eigenvalue weighted by Gasteiger charge is 2.24. The number of para-hydroxylation sites is 1. The highest BCUT2D eigenvalue weighted by atomic mass is 127. The number of Topliss-reactive ketones (excluding diaryl/α,β-unsaturated/α-hetero) is 1. The van der Waals surface area contributed by atoms with E-state index in [4.69, 9.17) is 38.6 Å². The van der Waals surface area contributed by atoms with Gasteiger partial charge in [-0.15, -0.1) is 0 Å². The van der Waals surface area contributed by atoms with Crippen molar-refractivity contribution in [2.24, 2.45) is 0 Å². The number of carbonyl (C=O) groups excluding carboxylic acids is 1. The van der Waals surface area contributed by atoms with Crippen LogP contribution in [0.15, 0.2) is 78.9 Å². The Morgan fingerprint density at radius 2 is 1.02 bits per heavy atom. The molecular formula is C40H44I2O9.